The highest BCUT2D eigenvalue weighted by molar-refractivity contribution is 6.33. The predicted molar refractivity (Wildman–Crippen MR) is 129 cm³/mol. The van der Waals surface area contributed by atoms with Gasteiger partial charge in [0.2, 0.25) is 0 Å². The molecule has 0 bridgehead atoms. The van der Waals surface area contributed by atoms with Crippen LogP contribution in [-0.2, 0) is 11.2 Å². The Morgan fingerprint density at radius 3 is 2.42 bits per heavy atom. The molecule has 6 nitrogen and oxygen atoms in total. The van der Waals surface area contributed by atoms with Gasteiger partial charge in [-0.3, -0.25) is 9.59 Å². The maximum atomic E-state index is 13.1. The van der Waals surface area contributed by atoms with Crippen LogP contribution in [0.1, 0.15) is 47.2 Å². The average molecular weight is 468 g/mol. The van der Waals surface area contributed by atoms with Crippen LogP contribution in [-0.4, -0.2) is 71.6 Å². The number of anilines is 1. The van der Waals surface area contributed by atoms with Crippen LogP contribution in [0, 0.1) is 0 Å². The second kappa shape index (κ2) is 8.65. The number of hydrogen-bond donors (Lipinski definition) is 1. The van der Waals surface area contributed by atoms with Gasteiger partial charge in [0.1, 0.15) is 5.60 Å². The minimum absolute atomic E-state index is 0.104. The molecule has 2 aliphatic heterocycles. The van der Waals surface area contributed by atoms with E-state index in [1.807, 2.05) is 18.2 Å². The molecule has 0 aromatic heterocycles. The summed E-state index contributed by atoms with van der Waals surface area (Å²) >= 11 is 6.62. The molecule has 1 N–H and O–H groups in total. The number of hydrogen-bond acceptors (Lipinski definition) is 4. The third-order valence-electron chi connectivity index (χ3n) is 7.29. The summed E-state index contributed by atoms with van der Waals surface area (Å²) in [6, 6.07) is 14.4. The van der Waals surface area contributed by atoms with E-state index in [0.717, 1.165) is 25.1 Å². The molecule has 5 rings (SSSR count). The van der Waals surface area contributed by atoms with Crippen molar-refractivity contribution >= 4 is 29.1 Å². The molecule has 1 saturated heterocycles. The van der Waals surface area contributed by atoms with Crippen molar-refractivity contribution in [2.45, 2.75) is 37.7 Å². The van der Waals surface area contributed by atoms with E-state index in [1.54, 1.807) is 9.80 Å². The number of benzene rings is 2. The fourth-order valence-electron chi connectivity index (χ4n) is 5.08. The summed E-state index contributed by atoms with van der Waals surface area (Å²) in [4.78, 5) is 31.3. The molecule has 33 heavy (non-hydrogen) atoms. The predicted octanol–water partition coefficient (Wildman–Crippen LogP) is 3.32. The van der Waals surface area contributed by atoms with E-state index in [2.05, 4.69) is 36.1 Å². The van der Waals surface area contributed by atoms with Gasteiger partial charge < -0.3 is 19.8 Å². The number of amides is 2. The van der Waals surface area contributed by atoms with Crippen molar-refractivity contribution in [3.8, 4) is 0 Å². The van der Waals surface area contributed by atoms with Gasteiger partial charge in [-0.25, -0.2) is 0 Å². The van der Waals surface area contributed by atoms with Crippen molar-refractivity contribution in [2.24, 2.45) is 0 Å². The molecule has 0 radical (unpaired) electrons. The quantitative estimate of drug-likeness (QED) is 0.749. The summed E-state index contributed by atoms with van der Waals surface area (Å²) in [7, 11) is 0. The standard InChI is InChI=1S/C26H30ClN3O3/c1-2-28-17-20(15-19-5-3-4-6-23(19)28)18-7-8-21(22(27)16-18)24(31)29-11-13-30(14-12-29)25(32)26(33)9-10-26/h3-8,16,20,33H,2,9-15,17H2,1H3. The minimum atomic E-state index is -1.15. The van der Waals surface area contributed by atoms with Crippen LogP contribution in [0.2, 0.25) is 5.02 Å². The number of carbonyl (C=O) groups excluding carboxylic acids is 2. The van der Waals surface area contributed by atoms with Crippen LogP contribution in [0.25, 0.3) is 0 Å². The minimum Gasteiger partial charge on any atom is -0.380 e. The molecule has 1 atom stereocenters. The van der Waals surface area contributed by atoms with E-state index in [4.69, 9.17) is 11.6 Å². The number of halogens is 1. The Balaban J connectivity index is 1.27. The second-order valence-electron chi connectivity index (χ2n) is 9.42. The molecular weight excluding hydrogens is 438 g/mol. The number of rotatable bonds is 4. The number of piperazine rings is 1. The highest BCUT2D eigenvalue weighted by Crippen LogP contribution is 2.37. The largest absolute Gasteiger partial charge is 0.380 e. The zero-order valence-corrected chi connectivity index (χ0v) is 19.7. The summed E-state index contributed by atoms with van der Waals surface area (Å²) in [5.74, 6) is 0.0180. The zero-order valence-electron chi connectivity index (χ0n) is 19.0. The van der Waals surface area contributed by atoms with Gasteiger partial charge in [-0.2, -0.15) is 0 Å². The maximum Gasteiger partial charge on any atom is 0.255 e. The van der Waals surface area contributed by atoms with Crippen LogP contribution in [0.3, 0.4) is 0 Å². The van der Waals surface area contributed by atoms with Gasteiger partial charge in [-0.1, -0.05) is 35.9 Å². The lowest BCUT2D eigenvalue weighted by Crippen LogP contribution is -2.53. The average Bonchev–Trinajstić information content (AvgIpc) is 3.60. The summed E-state index contributed by atoms with van der Waals surface area (Å²) in [5, 5.41) is 10.5. The highest BCUT2D eigenvalue weighted by Gasteiger charge is 2.50. The molecule has 2 aromatic carbocycles. The van der Waals surface area contributed by atoms with Crippen molar-refractivity contribution in [3.05, 3.63) is 64.2 Å². The van der Waals surface area contributed by atoms with E-state index in [9.17, 15) is 14.7 Å². The molecule has 3 aliphatic rings. The van der Waals surface area contributed by atoms with Crippen molar-refractivity contribution < 1.29 is 14.7 Å². The lowest BCUT2D eigenvalue weighted by molar-refractivity contribution is -0.143. The molecule has 2 fully saturated rings. The van der Waals surface area contributed by atoms with Crippen molar-refractivity contribution in [3.63, 3.8) is 0 Å². The van der Waals surface area contributed by atoms with Crippen LogP contribution in [0.15, 0.2) is 42.5 Å². The Hall–Kier alpha value is -2.57. The Morgan fingerprint density at radius 1 is 1.06 bits per heavy atom. The lowest BCUT2D eigenvalue weighted by Gasteiger charge is -2.36. The number of carbonyl (C=O) groups is 2. The summed E-state index contributed by atoms with van der Waals surface area (Å²) in [6.45, 7) is 5.83. The molecule has 1 saturated carbocycles. The van der Waals surface area contributed by atoms with Crippen molar-refractivity contribution in [2.75, 3.05) is 44.2 Å². The highest BCUT2D eigenvalue weighted by atomic mass is 35.5. The summed E-state index contributed by atoms with van der Waals surface area (Å²) in [6.07, 6.45) is 2.03. The van der Waals surface area contributed by atoms with E-state index < -0.39 is 5.60 Å². The van der Waals surface area contributed by atoms with E-state index in [1.165, 1.54) is 11.3 Å². The van der Waals surface area contributed by atoms with Gasteiger partial charge in [-0.15, -0.1) is 0 Å². The van der Waals surface area contributed by atoms with Gasteiger partial charge in [0.05, 0.1) is 10.6 Å². The molecule has 2 amide bonds. The van der Waals surface area contributed by atoms with Crippen molar-refractivity contribution in [1.82, 2.24) is 9.80 Å². The second-order valence-corrected chi connectivity index (χ2v) is 9.83. The summed E-state index contributed by atoms with van der Waals surface area (Å²) < 4.78 is 0. The van der Waals surface area contributed by atoms with Crippen LogP contribution >= 0.6 is 11.6 Å². The number of aliphatic hydroxyl groups is 1. The van der Waals surface area contributed by atoms with Gasteiger partial charge in [0.25, 0.3) is 11.8 Å². The first kappa shape index (κ1) is 22.2. The van der Waals surface area contributed by atoms with E-state index in [0.29, 0.717) is 55.5 Å². The monoisotopic (exact) mass is 467 g/mol. The first-order valence-electron chi connectivity index (χ1n) is 11.8. The fraction of sp³-hybridized carbons (Fsp3) is 0.462. The Morgan fingerprint density at radius 2 is 1.76 bits per heavy atom. The first-order valence-corrected chi connectivity index (χ1v) is 12.2. The lowest BCUT2D eigenvalue weighted by atomic mass is 9.86. The molecule has 2 heterocycles. The topological polar surface area (TPSA) is 64.1 Å². The van der Waals surface area contributed by atoms with Gasteiger partial charge in [0.15, 0.2) is 0 Å². The molecule has 7 heteroatoms. The fourth-order valence-corrected chi connectivity index (χ4v) is 5.35. The first-order chi connectivity index (χ1) is 15.9. The Labute approximate surface area is 199 Å². The smallest absolute Gasteiger partial charge is 0.255 e. The normalized spacial score (nSPS) is 21.5. The number of para-hydroxylation sites is 1. The Bertz CT molecular complexity index is 1080. The molecule has 1 aliphatic carbocycles. The van der Waals surface area contributed by atoms with Gasteiger partial charge in [-0.05, 0) is 55.5 Å². The maximum absolute atomic E-state index is 13.1. The third kappa shape index (κ3) is 4.22. The molecule has 0 spiro atoms. The van der Waals surface area contributed by atoms with E-state index in [-0.39, 0.29) is 11.8 Å². The molecular formula is C26H30ClN3O3. The third-order valence-corrected chi connectivity index (χ3v) is 7.60. The van der Waals surface area contributed by atoms with Crippen molar-refractivity contribution in [1.29, 1.82) is 0 Å². The summed E-state index contributed by atoms with van der Waals surface area (Å²) in [5.41, 5.74) is 3.15. The molecule has 174 valence electrons. The van der Waals surface area contributed by atoms with Crippen LogP contribution in [0.4, 0.5) is 5.69 Å². The molecule has 1 unspecified atom stereocenters. The van der Waals surface area contributed by atoms with Gasteiger partial charge >= 0.3 is 0 Å². The van der Waals surface area contributed by atoms with Crippen LogP contribution < -0.4 is 4.90 Å². The zero-order chi connectivity index (χ0) is 23.2. The SMILES string of the molecule is CCN1CC(c2ccc(C(=O)N3CCN(C(=O)C4(O)CC4)CC3)c(Cl)c2)Cc2ccccc21. The number of likely N-dealkylation sites (N-methyl/N-ethyl adjacent to an activating group) is 1. The number of fused-ring (bicyclic) bond motifs is 1. The van der Waals surface area contributed by atoms with Gasteiger partial charge in [0, 0.05) is 50.9 Å². The Kier molecular flexibility index (Phi) is 5.83. The van der Waals surface area contributed by atoms with E-state index >= 15 is 0 Å². The van der Waals surface area contributed by atoms with Crippen LogP contribution in [0.5, 0.6) is 0 Å². The number of nitrogens with zero attached hydrogens (tertiary/aromatic N) is 3. The molecule has 2 aromatic rings.